The molecule has 0 saturated heterocycles. The molecule has 4 nitrogen and oxygen atoms in total. The third-order valence-corrected chi connectivity index (χ3v) is 4.71. The number of aromatic nitrogens is 2. The van der Waals surface area contributed by atoms with E-state index in [-0.39, 0.29) is 6.03 Å². The normalized spacial score (nSPS) is 29.8. The zero-order valence-electron chi connectivity index (χ0n) is 11.2. The summed E-state index contributed by atoms with van der Waals surface area (Å²) in [6.45, 7) is 0.919. The average Bonchev–Trinajstić information content (AvgIpc) is 3.03. The van der Waals surface area contributed by atoms with Gasteiger partial charge >= 0.3 is 6.03 Å². The van der Waals surface area contributed by atoms with Gasteiger partial charge in [-0.05, 0) is 37.0 Å². The number of imidazole rings is 1. The molecule has 0 aromatic carbocycles. The first kappa shape index (κ1) is 11.8. The highest BCUT2D eigenvalue weighted by molar-refractivity contribution is 5.76. The highest BCUT2D eigenvalue weighted by Gasteiger charge is 2.40. The highest BCUT2D eigenvalue weighted by Crippen LogP contribution is 2.48. The lowest BCUT2D eigenvalue weighted by Crippen LogP contribution is -2.37. The fourth-order valence-corrected chi connectivity index (χ4v) is 3.79. The first-order valence-corrected chi connectivity index (χ1v) is 6.92. The highest BCUT2D eigenvalue weighted by atomic mass is 16.2. The molecule has 0 N–H and O–H groups in total. The van der Waals surface area contributed by atoms with Crippen LogP contribution in [0.3, 0.4) is 0 Å². The Hall–Kier alpha value is -1.32. The maximum absolute atomic E-state index is 12.2. The number of carbonyl (C=O) groups is 1. The van der Waals surface area contributed by atoms with Crippen molar-refractivity contribution in [2.75, 3.05) is 13.6 Å². The van der Waals surface area contributed by atoms with Gasteiger partial charge in [-0.3, -0.25) is 0 Å². The Bertz CT molecular complexity index is 454. The lowest BCUT2D eigenvalue weighted by Gasteiger charge is -2.25. The smallest absolute Gasteiger partial charge is 0.307 e. The van der Waals surface area contributed by atoms with Crippen molar-refractivity contribution in [3.63, 3.8) is 0 Å². The summed E-state index contributed by atoms with van der Waals surface area (Å²) < 4.78 is 3.55. The van der Waals surface area contributed by atoms with E-state index >= 15 is 0 Å². The molecule has 0 aliphatic heterocycles. The summed E-state index contributed by atoms with van der Waals surface area (Å²) in [5.74, 6) is 2.57. The van der Waals surface area contributed by atoms with E-state index in [0.29, 0.717) is 0 Å². The predicted octanol–water partition coefficient (Wildman–Crippen LogP) is 1.65. The first-order valence-electron chi connectivity index (χ1n) is 6.92. The predicted molar refractivity (Wildman–Crippen MR) is 68.0 cm³/mol. The third-order valence-electron chi connectivity index (χ3n) is 4.71. The fraction of sp³-hybridized carbons (Fsp3) is 0.714. The molecule has 2 bridgehead atoms. The number of hydrogen-bond donors (Lipinski definition) is 0. The van der Waals surface area contributed by atoms with Crippen LogP contribution in [0.2, 0.25) is 0 Å². The molecule has 2 aliphatic rings. The van der Waals surface area contributed by atoms with Crippen molar-refractivity contribution < 1.29 is 9.36 Å². The molecule has 0 radical (unpaired) electrons. The topological polar surface area (TPSA) is 29.1 Å². The van der Waals surface area contributed by atoms with Gasteiger partial charge < -0.3 is 4.90 Å². The van der Waals surface area contributed by atoms with E-state index in [4.69, 9.17) is 0 Å². The van der Waals surface area contributed by atoms with Gasteiger partial charge in [-0.15, -0.1) is 0 Å². The van der Waals surface area contributed by atoms with Crippen LogP contribution in [0.1, 0.15) is 25.7 Å². The molecule has 4 heteroatoms. The third kappa shape index (κ3) is 2.04. The van der Waals surface area contributed by atoms with Gasteiger partial charge in [0.05, 0.1) is 7.05 Å². The number of hydrogen-bond acceptors (Lipinski definition) is 1. The lowest BCUT2D eigenvalue weighted by molar-refractivity contribution is -0.670. The summed E-state index contributed by atoms with van der Waals surface area (Å²) in [7, 11) is 3.86. The second kappa shape index (κ2) is 4.41. The van der Waals surface area contributed by atoms with Crippen LogP contribution in [0.5, 0.6) is 0 Å². The van der Waals surface area contributed by atoms with Crippen molar-refractivity contribution >= 4 is 6.03 Å². The van der Waals surface area contributed by atoms with Crippen molar-refractivity contribution in [3.05, 3.63) is 18.7 Å². The Morgan fingerprint density at radius 2 is 2.28 bits per heavy atom. The van der Waals surface area contributed by atoms with E-state index in [0.717, 1.165) is 24.3 Å². The summed E-state index contributed by atoms with van der Waals surface area (Å²) in [5, 5.41) is 0. The molecule has 2 aliphatic carbocycles. The molecule has 2 saturated carbocycles. The summed E-state index contributed by atoms with van der Waals surface area (Å²) in [5.41, 5.74) is 0. The molecule has 3 atom stereocenters. The molecule has 1 heterocycles. The number of amides is 1. The molecule has 3 rings (SSSR count). The van der Waals surface area contributed by atoms with Crippen LogP contribution in [-0.4, -0.2) is 29.1 Å². The SMILES string of the molecule is CN(CC1CC2CCC1C2)C(=O)n1cc[n+](C)c1. The summed E-state index contributed by atoms with van der Waals surface area (Å²) in [6.07, 6.45) is 11.1. The molecule has 1 aromatic rings. The number of carbonyl (C=O) groups excluding carboxylic acids is 1. The number of fused-ring (bicyclic) bond motifs is 2. The monoisotopic (exact) mass is 248 g/mol. The number of aryl methyl sites for hydroxylation is 1. The Kier molecular flexibility index (Phi) is 2.88. The van der Waals surface area contributed by atoms with Crippen LogP contribution in [0, 0.1) is 17.8 Å². The van der Waals surface area contributed by atoms with Gasteiger partial charge in [-0.1, -0.05) is 6.42 Å². The zero-order chi connectivity index (χ0) is 12.7. The van der Waals surface area contributed by atoms with E-state index in [1.807, 2.05) is 42.3 Å². The Morgan fingerprint density at radius 3 is 2.83 bits per heavy atom. The van der Waals surface area contributed by atoms with Crippen LogP contribution in [0.4, 0.5) is 4.79 Å². The summed E-state index contributed by atoms with van der Waals surface area (Å²) >= 11 is 0. The molecule has 0 spiro atoms. The number of nitrogens with zero attached hydrogens (tertiary/aromatic N) is 3. The van der Waals surface area contributed by atoms with Crippen molar-refractivity contribution in [2.24, 2.45) is 24.8 Å². The van der Waals surface area contributed by atoms with Crippen LogP contribution in [0.25, 0.3) is 0 Å². The fourth-order valence-electron chi connectivity index (χ4n) is 3.79. The van der Waals surface area contributed by atoms with Gasteiger partial charge in [-0.2, -0.15) is 4.57 Å². The molecular weight excluding hydrogens is 226 g/mol. The van der Waals surface area contributed by atoms with Gasteiger partial charge in [0.25, 0.3) is 6.33 Å². The summed E-state index contributed by atoms with van der Waals surface area (Å²) in [6, 6.07) is 0.0818. The standard InChI is InChI=1S/C14H22N3O/c1-15-5-6-17(10-15)14(18)16(2)9-13-8-11-3-4-12(13)7-11/h5-6,10-13H,3-4,7-9H2,1-2H3/q+1. The maximum Gasteiger partial charge on any atom is 0.415 e. The van der Waals surface area contributed by atoms with Crippen molar-refractivity contribution in [2.45, 2.75) is 25.7 Å². The largest absolute Gasteiger partial charge is 0.415 e. The minimum Gasteiger partial charge on any atom is -0.307 e. The van der Waals surface area contributed by atoms with Crippen molar-refractivity contribution in [1.29, 1.82) is 0 Å². The second-order valence-electron chi connectivity index (χ2n) is 6.08. The van der Waals surface area contributed by atoms with Gasteiger partial charge in [0.1, 0.15) is 12.4 Å². The zero-order valence-corrected chi connectivity index (χ0v) is 11.2. The van der Waals surface area contributed by atoms with Gasteiger partial charge in [0.2, 0.25) is 0 Å². The Balaban J connectivity index is 1.61. The van der Waals surface area contributed by atoms with E-state index in [9.17, 15) is 4.79 Å². The molecule has 3 unspecified atom stereocenters. The van der Waals surface area contributed by atoms with E-state index in [1.54, 1.807) is 4.57 Å². The Morgan fingerprint density at radius 1 is 1.44 bits per heavy atom. The maximum atomic E-state index is 12.2. The Labute approximate surface area is 108 Å². The lowest BCUT2D eigenvalue weighted by atomic mass is 9.88. The minimum atomic E-state index is 0.0818. The van der Waals surface area contributed by atoms with Gasteiger partial charge in [-0.25, -0.2) is 9.36 Å². The number of rotatable bonds is 2. The molecule has 98 valence electrons. The molecule has 18 heavy (non-hydrogen) atoms. The molecule has 2 fully saturated rings. The van der Waals surface area contributed by atoms with E-state index < -0.39 is 0 Å². The van der Waals surface area contributed by atoms with Gasteiger partial charge in [0, 0.05) is 13.6 Å². The minimum absolute atomic E-state index is 0.0818. The van der Waals surface area contributed by atoms with Crippen molar-refractivity contribution in [3.8, 4) is 0 Å². The first-order chi connectivity index (χ1) is 8.63. The van der Waals surface area contributed by atoms with Crippen LogP contribution >= 0.6 is 0 Å². The molecular formula is C14H22N3O+. The van der Waals surface area contributed by atoms with Crippen molar-refractivity contribution in [1.82, 2.24) is 9.47 Å². The molecule has 1 amide bonds. The van der Waals surface area contributed by atoms with Crippen LogP contribution in [0.15, 0.2) is 18.7 Å². The quantitative estimate of drug-likeness (QED) is 0.732. The van der Waals surface area contributed by atoms with Crippen LogP contribution in [-0.2, 0) is 7.05 Å². The van der Waals surface area contributed by atoms with Gasteiger partial charge in [0.15, 0.2) is 0 Å². The summed E-state index contributed by atoms with van der Waals surface area (Å²) in [4.78, 5) is 14.1. The van der Waals surface area contributed by atoms with E-state index in [2.05, 4.69) is 0 Å². The van der Waals surface area contributed by atoms with Crippen LogP contribution < -0.4 is 4.57 Å². The average molecular weight is 248 g/mol. The van der Waals surface area contributed by atoms with E-state index in [1.165, 1.54) is 25.7 Å². The molecule has 1 aromatic heterocycles. The second-order valence-corrected chi connectivity index (χ2v) is 6.08.